The molecule has 0 aromatic heterocycles. The zero-order chi connectivity index (χ0) is 19.7. The van der Waals surface area contributed by atoms with E-state index in [0.29, 0.717) is 11.1 Å². The van der Waals surface area contributed by atoms with Crippen molar-refractivity contribution < 1.29 is 0 Å². The van der Waals surface area contributed by atoms with Gasteiger partial charge in [0.25, 0.3) is 0 Å². The van der Waals surface area contributed by atoms with Gasteiger partial charge in [-0.25, -0.2) is 0 Å². The van der Waals surface area contributed by atoms with E-state index in [1.807, 2.05) is 12.1 Å². The first-order chi connectivity index (χ1) is 13.3. The van der Waals surface area contributed by atoms with Crippen molar-refractivity contribution in [2.75, 3.05) is 18.0 Å². The van der Waals surface area contributed by atoms with E-state index in [2.05, 4.69) is 30.9 Å². The molecule has 0 aliphatic rings. The van der Waals surface area contributed by atoms with E-state index in [0.717, 1.165) is 31.6 Å². The Morgan fingerprint density at radius 1 is 0.704 bits per heavy atom. The van der Waals surface area contributed by atoms with Crippen LogP contribution in [0.2, 0.25) is 0 Å². The van der Waals surface area contributed by atoms with Gasteiger partial charge in [-0.1, -0.05) is 84.1 Å². The minimum Gasteiger partial charge on any atom is -0.370 e. The van der Waals surface area contributed by atoms with Gasteiger partial charge in [-0.3, -0.25) is 0 Å². The van der Waals surface area contributed by atoms with Crippen LogP contribution < -0.4 is 4.90 Å². The van der Waals surface area contributed by atoms with E-state index < -0.39 is 0 Å². The molecule has 0 heterocycles. The molecule has 0 atom stereocenters. The Morgan fingerprint density at radius 2 is 1.22 bits per heavy atom. The van der Waals surface area contributed by atoms with Crippen LogP contribution in [0.25, 0.3) is 0 Å². The SMILES string of the molecule is CCCCCCCCN(CCCCCCCC)c1cccc(C#N)c1C#N. The lowest BCUT2D eigenvalue weighted by atomic mass is 10.0. The molecule has 148 valence electrons. The Bertz CT molecular complexity index is 579. The van der Waals surface area contributed by atoms with Crippen molar-refractivity contribution in [2.45, 2.75) is 90.9 Å². The van der Waals surface area contributed by atoms with Crippen LogP contribution in [0.5, 0.6) is 0 Å². The summed E-state index contributed by atoms with van der Waals surface area (Å²) in [4.78, 5) is 2.35. The standard InChI is InChI=1S/C24H37N3/c1-3-5-7-9-11-13-18-27(19-14-12-10-8-6-4-2)24-17-15-16-22(20-25)23(24)21-26/h15-17H,3-14,18-19H2,1-2H3. The number of unbranched alkanes of at least 4 members (excludes halogenated alkanes) is 10. The van der Waals surface area contributed by atoms with Gasteiger partial charge in [-0.05, 0) is 25.0 Å². The van der Waals surface area contributed by atoms with Crippen LogP contribution in [0.4, 0.5) is 5.69 Å². The van der Waals surface area contributed by atoms with E-state index in [-0.39, 0.29) is 0 Å². The first-order valence-corrected chi connectivity index (χ1v) is 11.0. The summed E-state index contributed by atoms with van der Waals surface area (Å²) >= 11 is 0. The number of hydrogen-bond donors (Lipinski definition) is 0. The van der Waals surface area contributed by atoms with Crippen molar-refractivity contribution in [2.24, 2.45) is 0 Å². The van der Waals surface area contributed by atoms with Crippen molar-refractivity contribution in [1.82, 2.24) is 0 Å². The van der Waals surface area contributed by atoms with Crippen LogP contribution in [0.15, 0.2) is 18.2 Å². The first kappa shape index (κ1) is 23.0. The van der Waals surface area contributed by atoms with Crippen molar-refractivity contribution in [3.05, 3.63) is 29.3 Å². The van der Waals surface area contributed by atoms with Gasteiger partial charge >= 0.3 is 0 Å². The summed E-state index contributed by atoms with van der Waals surface area (Å²) in [5.74, 6) is 0. The number of rotatable bonds is 15. The topological polar surface area (TPSA) is 50.8 Å². The van der Waals surface area contributed by atoms with E-state index >= 15 is 0 Å². The maximum Gasteiger partial charge on any atom is 0.103 e. The highest BCUT2D eigenvalue weighted by Crippen LogP contribution is 2.24. The average Bonchev–Trinajstić information content (AvgIpc) is 2.70. The second-order valence-corrected chi connectivity index (χ2v) is 7.45. The molecule has 0 N–H and O–H groups in total. The molecule has 0 amide bonds. The summed E-state index contributed by atoms with van der Waals surface area (Å²) in [6.07, 6.45) is 15.2. The van der Waals surface area contributed by atoms with E-state index in [9.17, 15) is 10.5 Å². The zero-order valence-electron chi connectivity index (χ0n) is 17.5. The highest BCUT2D eigenvalue weighted by atomic mass is 15.1. The third-order valence-electron chi connectivity index (χ3n) is 5.18. The quantitative estimate of drug-likeness (QED) is 0.315. The minimum atomic E-state index is 0.492. The molecule has 0 spiro atoms. The van der Waals surface area contributed by atoms with Crippen molar-refractivity contribution in [1.29, 1.82) is 10.5 Å². The highest BCUT2D eigenvalue weighted by molar-refractivity contribution is 5.65. The lowest BCUT2D eigenvalue weighted by molar-refractivity contribution is 0.574. The molecule has 27 heavy (non-hydrogen) atoms. The fraction of sp³-hybridized carbons (Fsp3) is 0.667. The molecule has 0 saturated carbocycles. The Balaban J connectivity index is 2.67. The molecule has 0 aliphatic carbocycles. The van der Waals surface area contributed by atoms with Crippen LogP contribution in [-0.4, -0.2) is 13.1 Å². The average molecular weight is 368 g/mol. The van der Waals surface area contributed by atoms with Gasteiger partial charge in [0.15, 0.2) is 0 Å². The van der Waals surface area contributed by atoms with Gasteiger partial charge in [0.1, 0.15) is 12.1 Å². The molecule has 0 unspecified atom stereocenters. The predicted molar refractivity (Wildman–Crippen MR) is 115 cm³/mol. The molecule has 0 fully saturated rings. The number of nitriles is 2. The molecule has 0 radical (unpaired) electrons. The van der Waals surface area contributed by atoms with Gasteiger partial charge < -0.3 is 4.90 Å². The summed E-state index contributed by atoms with van der Waals surface area (Å²) in [6, 6.07) is 10.1. The molecule has 0 aliphatic heterocycles. The smallest absolute Gasteiger partial charge is 0.103 e. The van der Waals surface area contributed by atoms with Crippen LogP contribution in [-0.2, 0) is 0 Å². The molecular formula is C24H37N3. The normalized spacial score (nSPS) is 10.4. The maximum absolute atomic E-state index is 9.59. The second kappa shape index (κ2) is 15.1. The molecule has 1 aromatic rings. The largest absolute Gasteiger partial charge is 0.370 e. The summed E-state index contributed by atoms with van der Waals surface area (Å²) in [5.41, 5.74) is 1.97. The third kappa shape index (κ3) is 8.96. The van der Waals surface area contributed by atoms with E-state index in [4.69, 9.17) is 0 Å². The molecule has 0 bridgehead atoms. The summed E-state index contributed by atoms with van der Waals surface area (Å²) in [6.45, 7) is 6.44. The molecule has 0 saturated heterocycles. The Hall–Kier alpha value is -2.00. The van der Waals surface area contributed by atoms with Crippen molar-refractivity contribution in [3.8, 4) is 12.1 Å². The third-order valence-corrected chi connectivity index (χ3v) is 5.18. The van der Waals surface area contributed by atoms with Gasteiger partial charge in [0.2, 0.25) is 0 Å². The molecule has 1 rings (SSSR count). The van der Waals surface area contributed by atoms with Crippen LogP contribution in [0, 0.1) is 22.7 Å². The molecule has 3 heteroatoms. The first-order valence-electron chi connectivity index (χ1n) is 11.0. The molecule has 3 nitrogen and oxygen atoms in total. The number of nitrogens with zero attached hydrogens (tertiary/aromatic N) is 3. The van der Waals surface area contributed by atoms with Crippen LogP contribution in [0.3, 0.4) is 0 Å². The lowest BCUT2D eigenvalue weighted by Crippen LogP contribution is -2.26. The Kier molecular flexibility index (Phi) is 12.9. The Morgan fingerprint density at radius 3 is 1.70 bits per heavy atom. The highest BCUT2D eigenvalue weighted by Gasteiger charge is 2.14. The fourth-order valence-electron chi connectivity index (χ4n) is 3.53. The van der Waals surface area contributed by atoms with Crippen molar-refractivity contribution in [3.63, 3.8) is 0 Å². The van der Waals surface area contributed by atoms with Crippen LogP contribution >= 0.6 is 0 Å². The van der Waals surface area contributed by atoms with Gasteiger partial charge in [0, 0.05) is 13.1 Å². The number of hydrogen-bond acceptors (Lipinski definition) is 3. The lowest BCUT2D eigenvalue weighted by Gasteiger charge is -2.26. The monoisotopic (exact) mass is 367 g/mol. The summed E-state index contributed by atoms with van der Waals surface area (Å²) in [7, 11) is 0. The Labute approximate surface area is 167 Å². The minimum absolute atomic E-state index is 0.492. The molecular weight excluding hydrogens is 330 g/mol. The van der Waals surface area contributed by atoms with E-state index in [1.54, 1.807) is 6.07 Å². The summed E-state index contributed by atoms with van der Waals surface area (Å²) in [5, 5.41) is 18.9. The van der Waals surface area contributed by atoms with Gasteiger partial charge in [-0.2, -0.15) is 10.5 Å². The summed E-state index contributed by atoms with van der Waals surface area (Å²) < 4.78 is 0. The van der Waals surface area contributed by atoms with Gasteiger partial charge in [-0.15, -0.1) is 0 Å². The maximum atomic E-state index is 9.59. The van der Waals surface area contributed by atoms with Gasteiger partial charge in [0.05, 0.1) is 16.8 Å². The fourth-order valence-corrected chi connectivity index (χ4v) is 3.53. The number of anilines is 1. The van der Waals surface area contributed by atoms with E-state index in [1.165, 1.54) is 64.2 Å². The zero-order valence-corrected chi connectivity index (χ0v) is 17.5. The predicted octanol–water partition coefficient (Wildman–Crippen LogP) is 6.96. The number of benzene rings is 1. The van der Waals surface area contributed by atoms with Crippen LogP contribution in [0.1, 0.15) is 102 Å². The molecule has 1 aromatic carbocycles. The second-order valence-electron chi connectivity index (χ2n) is 7.45. The van der Waals surface area contributed by atoms with Crippen molar-refractivity contribution >= 4 is 5.69 Å².